The van der Waals surface area contributed by atoms with Crippen LogP contribution >= 0.6 is 0 Å². The molecule has 0 N–H and O–H groups in total. The van der Waals surface area contributed by atoms with Crippen molar-refractivity contribution in [3.8, 4) is 0 Å². The predicted octanol–water partition coefficient (Wildman–Crippen LogP) is 4.42. The molecule has 0 aromatic rings. The number of nitrogens with zero attached hydrogens (tertiary/aromatic N) is 2. The number of amides is 2. The van der Waals surface area contributed by atoms with Crippen LogP contribution in [0, 0.1) is 11.8 Å². The van der Waals surface area contributed by atoms with Gasteiger partial charge < -0.3 is 9.80 Å². The molecule has 4 atom stereocenters. The molecule has 4 aliphatic rings. The lowest BCUT2D eigenvalue weighted by Crippen LogP contribution is -2.59. The van der Waals surface area contributed by atoms with Crippen LogP contribution in [-0.2, 0) is 0 Å². The number of urea groups is 1. The van der Waals surface area contributed by atoms with E-state index in [4.69, 9.17) is 0 Å². The molecule has 2 heterocycles. The molecular weight excluding hydrogens is 272 g/mol. The average Bonchev–Trinajstić information content (AvgIpc) is 2.60. The van der Waals surface area contributed by atoms with E-state index in [-0.39, 0.29) is 0 Å². The number of likely N-dealkylation sites (tertiary alicyclic amines) is 2. The summed E-state index contributed by atoms with van der Waals surface area (Å²) >= 11 is 0. The summed E-state index contributed by atoms with van der Waals surface area (Å²) in [5.74, 6) is 1.61. The number of hydrogen-bond donors (Lipinski definition) is 0. The minimum Gasteiger partial charge on any atom is -0.321 e. The zero-order valence-electron chi connectivity index (χ0n) is 14.0. The molecule has 124 valence electrons. The standard InChI is InChI=1S/C19H32N2O/c22-19(20-13-5-9-15-7-1-3-11-17(15)20)21-14-6-10-16-8-2-4-12-18(16)21/h15-18H,1-14H2. The van der Waals surface area contributed by atoms with E-state index < -0.39 is 0 Å². The first kappa shape index (κ1) is 14.8. The van der Waals surface area contributed by atoms with Gasteiger partial charge in [0.2, 0.25) is 0 Å². The van der Waals surface area contributed by atoms with Crippen molar-refractivity contribution >= 4 is 6.03 Å². The van der Waals surface area contributed by atoms with Gasteiger partial charge in [0.05, 0.1) is 0 Å². The van der Waals surface area contributed by atoms with E-state index in [2.05, 4.69) is 9.80 Å². The van der Waals surface area contributed by atoms with E-state index in [0.29, 0.717) is 18.1 Å². The smallest absolute Gasteiger partial charge is 0.320 e. The third-order valence-electron chi connectivity index (χ3n) is 6.98. The number of carbonyl (C=O) groups excluding carboxylic acids is 1. The fourth-order valence-electron chi connectivity index (χ4n) is 5.89. The van der Waals surface area contributed by atoms with Gasteiger partial charge in [0, 0.05) is 25.2 Å². The van der Waals surface area contributed by atoms with E-state index >= 15 is 0 Å². The van der Waals surface area contributed by atoms with Crippen molar-refractivity contribution in [1.29, 1.82) is 0 Å². The highest BCUT2D eigenvalue weighted by atomic mass is 16.2. The van der Waals surface area contributed by atoms with Crippen LogP contribution in [0.1, 0.15) is 77.0 Å². The Morgan fingerprint density at radius 1 is 0.591 bits per heavy atom. The fraction of sp³-hybridized carbons (Fsp3) is 0.947. The Morgan fingerprint density at radius 3 is 1.50 bits per heavy atom. The topological polar surface area (TPSA) is 23.6 Å². The van der Waals surface area contributed by atoms with Crippen LogP contribution in [0.3, 0.4) is 0 Å². The lowest BCUT2D eigenvalue weighted by Gasteiger charge is -2.50. The van der Waals surface area contributed by atoms with Crippen LogP contribution in [0.5, 0.6) is 0 Å². The number of rotatable bonds is 0. The van der Waals surface area contributed by atoms with Crippen molar-refractivity contribution in [2.24, 2.45) is 11.8 Å². The number of carbonyl (C=O) groups is 1. The van der Waals surface area contributed by atoms with Gasteiger partial charge in [0.15, 0.2) is 0 Å². The molecule has 0 bridgehead atoms. The highest BCUT2D eigenvalue weighted by Gasteiger charge is 2.41. The van der Waals surface area contributed by atoms with E-state index in [9.17, 15) is 4.79 Å². The molecular formula is C19H32N2O. The second-order valence-electron chi connectivity index (χ2n) is 8.18. The Balaban J connectivity index is 1.49. The summed E-state index contributed by atoms with van der Waals surface area (Å²) in [4.78, 5) is 17.9. The van der Waals surface area contributed by atoms with Gasteiger partial charge in [0.1, 0.15) is 0 Å². The summed E-state index contributed by atoms with van der Waals surface area (Å²) in [7, 11) is 0. The maximum absolute atomic E-state index is 13.3. The van der Waals surface area contributed by atoms with Crippen molar-refractivity contribution in [2.45, 2.75) is 89.1 Å². The molecule has 3 nitrogen and oxygen atoms in total. The molecule has 4 unspecified atom stereocenters. The quantitative estimate of drug-likeness (QED) is 0.650. The maximum Gasteiger partial charge on any atom is 0.320 e. The Labute approximate surface area is 135 Å². The molecule has 0 radical (unpaired) electrons. The van der Waals surface area contributed by atoms with Gasteiger partial charge in [0.25, 0.3) is 0 Å². The predicted molar refractivity (Wildman–Crippen MR) is 88.8 cm³/mol. The minimum absolute atomic E-state index is 0.410. The lowest BCUT2D eigenvalue weighted by molar-refractivity contribution is 0.0286. The van der Waals surface area contributed by atoms with Crippen LogP contribution in [0.2, 0.25) is 0 Å². The van der Waals surface area contributed by atoms with Crippen molar-refractivity contribution < 1.29 is 4.79 Å². The molecule has 2 aliphatic heterocycles. The zero-order valence-corrected chi connectivity index (χ0v) is 14.0. The molecule has 0 aromatic carbocycles. The van der Waals surface area contributed by atoms with Crippen LogP contribution in [0.4, 0.5) is 4.79 Å². The molecule has 2 saturated carbocycles. The molecule has 22 heavy (non-hydrogen) atoms. The summed E-state index contributed by atoms with van der Waals surface area (Å²) in [6.07, 6.45) is 15.9. The highest BCUT2D eigenvalue weighted by molar-refractivity contribution is 5.75. The van der Waals surface area contributed by atoms with Gasteiger partial charge in [-0.1, -0.05) is 25.7 Å². The van der Waals surface area contributed by atoms with Gasteiger partial charge in [-0.05, 0) is 63.2 Å². The summed E-state index contributed by atoms with van der Waals surface area (Å²) in [5.41, 5.74) is 0. The Hall–Kier alpha value is -0.730. The molecule has 4 rings (SSSR count). The summed E-state index contributed by atoms with van der Waals surface area (Å²) in [5, 5.41) is 0. The van der Waals surface area contributed by atoms with Crippen molar-refractivity contribution in [2.75, 3.05) is 13.1 Å². The SMILES string of the molecule is O=C(N1CCCC2CCCCC21)N1CCCC2CCCCC21. The maximum atomic E-state index is 13.3. The first-order valence-corrected chi connectivity index (χ1v) is 9.92. The van der Waals surface area contributed by atoms with Crippen LogP contribution in [0.25, 0.3) is 0 Å². The van der Waals surface area contributed by atoms with Gasteiger partial charge in [-0.25, -0.2) is 4.79 Å². The third kappa shape index (κ3) is 2.65. The first-order chi connectivity index (χ1) is 10.8. The van der Waals surface area contributed by atoms with Crippen molar-refractivity contribution in [3.05, 3.63) is 0 Å². The van der Waals surface area contributed by atoms with Gasteiger partial charge >= 0.3 is 6.03 Å². The zero-order chi connectivity index (χ0) is 14.9. The number of fused-ring (bicyclic) bond motifs is 2. The average molecular weight is 304 g/mol. The monoisotopic (exact) mass is 304 g/mol. The summed E-state index contributed by atoms with van der Waals surface area (Å²) < 4.78 is 0. The van der Waals surface area contributed by atoms with E-state index in [1.54, 1.807) is 0 Å². The molecule has 0 spiro atoms. The normalized spacial score (nSPS) is 39.1. The van der Waals surface area contributed by atoms with Crippen molar-refractivity contribution in [1.82, 2.24) is 9.80 Å². The lowest BCUT2D eigenvalue weighted by atomic mass is 9.77. The largest absolute Gasteiger partial charge is 0.321 e. The van der Waals surface area contributed by atoms with Crippen LogP contribution in [-0.4, -0.2) is 41.0 Å². The van der Waals surface area contributed by atoms with E-state index in [1.807, 2.05) is 0 Å². The van der Waals surface area contributed by atoms with Gasteiger partial charge in [-0.15, -0.1) is 0 Å². The molecule has 4 fully saturated rings. The minimum atomic E-state index is 0.410. The molecule has 3 heteroatoms. The fourth-order valence-corrected chi connectivity index (χ4v) is 5.89. The second-order valence-corrected chi connectivity index (χ2v) is 8.18. The van der Waals surface area contributed by atoms with Gasteiger partial charge in [-0.3, -0.25) is 0 Å². The molecule has 2 amide bonds. The van der Waals surface area contributed by atoms with E-state index in [0.717, 1.165) is 24.9 Å². The van der Waals surface area contributed by atoms with Gasteiger partial charge in [-0.2, -0.15) is 0 Å². The summed E-state index contributed by atoms with van der Waals surface area (Å²) in [6, 6.07) is 1.55. The first-order valence-electron chi connectivity index (χ1n) is 9.92. The number of piperidine rings is 2. The van der Waals surface area contributed by atoms with E-state index in [1.165, 1.54) is 77.0 Å². The van der Waals surface area contributed by atoms with Crippen LogP contribution in [0.15, 0.2) is 0 Å². The molecule has 0 aromatic heterocycles. The molecule has 2 aliphatic carbocycles. The van der Waals surface area contributed by atoms with Crippen molar-refractivity contribution in [3.63, 3.8) is 0 Å². The Morgan fingerprint density at radius 2 is 1.00 bits per heavy atom. The Kier molecular flexibility index (Phi) is 4.32. The molecule has 2 saturated heterocycles. The van der Waals surface area contributed by atoms with Crippen LogP contribution < -0.4 is 0 Å². The Bertz CT molecular complexity index is 370. The summed E-state index contributed by atoms with van der Waals surface area (Å²) in [6.45, 7) is 2.04. The number of hydrogen-bond acceptors (Lipinski definition) is 1. The third-order valence-corrected chi connectivity index (χ3v) is 6.98. The highest BCUT2D eigenvalue weighted by Crippen LogP contribution is 2.39. The second kappa shape index (κ2) is 6.41.